The molecule has 6 aromatic carbocycles. The van der Waals surface area contributed by atoms with E-state index in [2.05, 4.69) is 163 Å². The fourth-order valence-electron chi connectivity index (χ4n) is 7.54. The number of aromatic nitrogens is 5. The number of pyridine rings is 3. The monoisotopic (exact) mass is 767 g/mol. The minimum absolute atomic E-state index is 0.694. The lowest BCUT2D eigenvalue weighted by atomic mass is 9.96. The molecule has 5 nitrogen and oxygen atoms in total. The largest absolute Gasteiger partial charge is 0.255 e. The van der Waals surface area contributed by atoms with Crippen molar-refractivity contribution >= 4 is 0 Å². The van der Waals surface area contributed by atoms with Crippen molar-refractivity contribution in [2.75, 3.05) is 0 Å². The van der Waals surface area contributed by atoms with Gasteiger partial charge in [0.1, 0.15) is 0 Å². The molecule has 0 aliphatic carbocycles. The van der Waals surface area contributed by atoms with E-state index in [-0.39, 0.29) is 0 Å². The Morgan fingerprint density at radius 3 is 1.23 bits per heavy atom. The molecule has 4 heterocycles. The van der Waals surface area contributed by atoms with E-state index in [1.165, 1.54) is 11.1 Å². The summed E-state index contributed by atoms with van der Waals surface area (Å²) in [4.78, 5) is 24.7. The molecular weight excluding hydrogens is 731 g/mol. The lowest BCUT2D eigenvalue weighted by Crippen LogP contribution is -1.96. The summed E-state index contributed by atoms with van der Waals surface area (Å²) in [5.41, 5.74) is 16.8. The van der Waals surface area contributed by atoms with E-state index >= 15 is 0 Å². The van der Waals surface area contributed by atoms with Crippen LogP contribution in [0.15, 0.2) is 225 Å². The average molecular weight is 768 g/mol. The van der Waals surface area contributed by atoms with Crippen molar-refractivity contribution in [1.82, 2.24) is 24.9 Å². The fourth-order valence-corrected chi connectivity index (χ4v) is 7.54. The van der Waals surface area contributed by atoms with Crippen LogP contribution in [0, 0.1) is 0 Å². The van der Waals surface area contributed by atoms with Crippen LogP contribution in [0.2, 0.25) is 0 Å². The molecule has 0 N–H and O–H groups in total. The third-order valence-corrected chi connectivity index (χ3v) is 10.7. The Balaban J connectivity index is 0.956. The molecule has 60 heavy (non-hydrogen) atoms. The Morgan fingerprint density at radius 1 is 0.233 bits per heavy atom. The van der Waals surface area contributed by atoms with Gasteiger partial charge >= 0.3 is 0 Å². The third kappa shape index (κ3) is 7.63. The zero-order valence-electron chi connectivity index (χ0n) is 32.6. The van der Waals surface area contributed by atoms with Crippen molar-refractivity contribution in [1.29, 1.82) is 0 Å². The Kier molecular flexibility index (Phi) is 9.88. The molecule has 0 unspecified atom stereocenters. The number of benzene rings is 6. The Hall–Kier alpha value is -8.15. The lowest BCUT2D eigenvalue weighted by Gasteiger charge is -2.13. The van der Waals surface area contributed by atoms with Crippen LogP contribution in [-0.4, -0.2) is 24.9 Å². The molecule has 0 aliphatic heterocycles. The van der Waals surface area contributed by atoms with Gasteiger partial charge in [0.25, 0.3) is 0 Å². The average Bonchev–Trinajstić information content (AvgIpc) is 3.35. The van der Waals surface area contributed by atoms with E-state index < -0.39 is 0 Å². The van der Waals surface area contributed by atoms with Crippen LogP contribution in [-0.2, 0) is 0 Å². The van der Waals surface area contributed by atoms with E-state index in [4.69, 9.17) is 19.9 Å². The van der Waals surface area contributed by atoms with Crippen LogP contribution in [0.4, 0.5) is 0 Å². The van der Waals surface area contributed by atoms with Crippen molar-refractivity contribution in [2.45, 2.75) is 0 Å². The van der Waals surface area contributed by atoms with E-state index in [9.17, 15) is 0 Å². The predicted octanol–water partition coefficient (Wildman–Crippen LogP) is 13.7. The quantitative estimate of drug-likeness (QED) is 0.146. The highest BCUT2D eigenvalue weighted by molar-refractivity contribution is 5.84. The van der Waals surface area contributed by atoms with Gasteiger partial charge < -0.3 is 0 Å². The van der Waals surface area contributed by atoms with Gasteiger partial charge in [-0.3, -0.25) is 9.97 Å². The second-order valence-corrected chi connectivity index (χ2v) is 14.5. The first-order chi connectivity index (χ1) is 29.7. The predicted molar refractivity (Wildman–Crippen MR) is 244 cm³/mol. The molecule has 0 saturated heterocycles. The van der Waals surface area contributed by atoms with Gasteiger partial charge in [-0.1, -0.05) is 176 Å². The van der Waals surface area contributed by atoms with Gasteiger partial charge in [0.15, 0.2) is 5.82 Å². The first-order valence-electron chi connectivity index (χ1n) is 20.0. The van der Waals surface area contributed by atoms with E-state index in [1.54, 1.807) is 6.20 Å². The highest BCUT2D eigenvalue weighted by Crippen LogP contribution is 2.36. The van der Waals surface area contributed by atoms with Crippen LogP contribution < -0.4 is 0 Å². The summed E-state index contributed by atoms with van der Waals surface area (Å²) in [6.45, 7) is 0. The Labute approximate surface area is 349 Å². The summed E-state index contributed by atoms with van der Waals surface area (Å²) in [5, 5.41) is 0. The maximum atomic E-state index is 5.11. The topological polar surface area (TPSA) is 64.5 Å². The normalized spacial score (nSPS) is 11.0. The van der Waals surface area contributed by atoms with E-state index in [0.29, 0.717) is 5.82 Å². The number of hydrogen-bond acceptors (Lipinski definition) is 5. The third-order valence-electron chi connectivity index (χ3n) is 10.7. The minimum atomic E-state index is 0.694. The molecule has 0 fully saturated rings. The van der Waals surface area contributed by atoms with Crippen LogP contribution >= 0.6 is 0 Å². The summed E-state index contributed by atoms with van der Waals surface area (Å²) in [5.74, 6) is 0.694. The molecule has 0 aliphatic rings. The van der Waals surface area contributed by atoms with Gasteiger partial charge in [0.2, 0.25) is 0 Å². The minimum Gasteiger partial charge on any atom is -0.255 e. The van der Waals surface area contributed by atoms with Crippen molar-refractivity contribution in [3.8, 4) is 101 Å². The van der Waals surface area contributed by atoms with Crippen LogP contribution in [0.3, 0.4) is 0 Å². The first-order valence-corrected chi connectivity index (χ1v) is 20.0. The summed E-state index contributed by atoms with van der Waals surface area (Å²) in [7, 11) is 0. The first kappa shape index (κ1) is 36.2. The standard InChI is InChI=1S/C55H37N5/c1-4-13-38(14-5-1)40-23-29-44(30-24-40)50-37-51(60-55(59-50)46-17-8-3-9-18-46)45-31-25-42(26-32-45)41-21-27-43(28-22-41)48-19-12-34-57-54(48)53-36-47(39-15-6-2-7-16-39)35-52(58-53)49-20-10-11-33-56-49/h1-37H. The van der Waals surface area contributed by atoms with Crippen LogP contribution in [0.1, 0.15) is 0 Å². The van der Waals surface area contributed by atoms with Crippen molar-refractivity contribution in [3.05, 3.63) is 225 Å². The van der Waals surface area contributed by atoms with Crippen molar-refractivity contribution in [2.24, 2.45) is 0 Å². The summed E-state index contributed by atoms with van der Waals surface area (Å²) < 4.78 is 0. The molecule has 0 saturated carbocycles. The highest BCUT2D eigenvalue weighted by atomic mass is 14.9. The van der Waals surface area contributed by atoms with Gasteiger partial charge in [0, 0.05) is 34.6 Å². The van der Waals surface area contributed by atoms with Crippen molar-refractivity contribution in [3.63, 3.8) is 0 Å². The molecule has 0 radical (unpaired) electrons. The highest BCUT2D eigenvalue weighted by Gasteiger charge is 2.16. The number of rotatable bonds is 9. The van der Waals surface area contributed by atoms with E-state index in [1.807, 2.05) is 60.8 Å². The zero-order valence-corrected chi connectivity index (χ0v) is 32.6. The molecule has 4 aromatic heterocycles. The van der Waals surface area contributed by atoms with Crippen LogP contribution in [0.5, 0.6) is 0 Å². The molecule has 0 atom stereocenters. The summed E-state index contributed by atoms with van der Waals surface area (Å²) in [6, 6.07) is 73.1. The molecular formula is C55H37N5. The molecule has 10 rings (SSSR count). The van der Waals surface area contributed by atoms with Gasteiger partial charge in [-0.2, -0.15) is 0 Å². The summed E-state index contributed by atoms with van der Waals surface area (Å²) >= 11 is 0. The Morgan fingerprint density at radius 2 is 0.683 bits per heavy atom. The smallest absolute Gasteiger partial charge is 0.160 e. The number of hydrogen-bond donors (Lipinski definition) is 0. The SMILES string of the molecule is c1ccc(-c2ccc(-c3cc(-c4ccc(-c5ccc(-c6cccnc6-c6cc(-c7ccccc7)cc(-c7ccccn7)n6)cc5)cc4)nc(-c4ccccc4)n3)cc2)cc1. The second-order valence-electron chi connectivity index (χ2n) is 14.5. The molecule has 0 amide bonds. The van der Waals surface area contributed by atoms with Gasteiger partial charge in [-0.15, -0.1) is 0 Å². The second kappa shape index (κ2) is 16.4. The fraction of sp³-hybridized carbons (Fsp3) is 0. The Bertz CT molecular complexity index is 2970. The maximum Gasteiger partial charge on any atom is 0.160 e. The van der Waals surface area contributed by atoms with Gasteiger partial charge in [-0.25, -0.2) is 15.0 Å². The molecule has 0 bridgehead atoms. The number of nitrogens with zero attached hydrogens (tertiary/aromatic N) is 5. The maximum absolute atomic E-state index is 5.11. The molecule has 5 heteroatoms. The molecule has 10 aromatic rings. The van der Waals surface area contributed by atoms with Gasteiger partial charge in [0.05, 0.1) is 34.2 Å². The van der Waals surface area contributed by atoms with E-state index in [0.717, 1.165) is 84.2 Å². The van der Waals surface area contributed by atoms with Crippen LogP contribution in [0.25, 0.3) is 101 Å². The lowest BCUT2D eigenvalue weighted by molar-refractivity contribution is 1.18. The molecule has 282 valence electrons. The van der Waals surface area contributed by atoms with Crippen molar-refractivity contribution < 1.29 is 0 Å². The summed E-state index contributed by atoms with van der Waals surface area (Å²) in [6.07, 6.45) is 3.63. The zero-order chi connectivity index (χ0) is 40.1. The molecule has 0 spiro atoms. The van der Waals surface area contributed by atoms with Gasteiger partial charge in [-0.05, 0) is 75.3 Å².